The highest BCUT2D eigenvalue weighted by atomic mass is 32.1. The van der Waals surface area contributed by atoms with E-state index in [4.69, 9.17) is 5.73 Å². The minimum atomic E-state index is -0.895. The van der Waals surface area contributed by atoms with E-state index in [1.54, 1.807) is 17.5 Å². The molecule has 6 N–H and O–H groups in total. The number of carbonyl (C=O) groups excluding carboxylic acids is 5. The van der Waals surface area contributed by atoms with Crippen molar-refractivity contribution >= 4 is 41.4 Å². The third-order valence-electron chi connectivity index (χ3n) is 9.58. The maximum absolute atomic E-state index is 14.0. The van der Waals surface area contributed by atoms with Crippen LogP contribution in [-0.4, -0.2) is 74.7 Å². The molecule has 1 aliphatic rings. The van der Waals surface area contributed by atoms with Crippen LogP contribution >= 0.6 is 11.3 Å². The first-order valence-corrected chi connectivity index (χ1v) is 19.1. The fourth-order valence-electron chi connectivity index (χ4n) is 6.57. The highest BCUT2D eigenvalue weighted by molar-refractivity contribution is 7.13. The number of nitrogens with zero attached hydrogens (tertiary/aromatic N) is 3. The van der Waals surface area contributed by atoms with E-state index >= 15 is 0 Å². The number of pyridine rings is 1. The molecule has 0 spiro atoms. The second kappa shape index (κ2) is 18.9. The number of nitrogens with two attached hydrogens (primary N) is 1. The smallest absolute Gasteiger partial charge is 0.246 e. The van der Waals surface area contributed by atoms with Crippen LogP contribution < -0.4 is 21.7 Å². The Balaban J connectivity index is 1.29. The van der Waals surface area contributed by atoms with Crippen LogP contribution in [0.15, 0.2) is 48.1 Å². The van der Waals surface area contributed by atoms with Gasteiger partial charge in [-0.05, 0) is 73.8 Å². The van der Waals surface area contributed by atoms with E-state index in [2.05, 4.69) is 25.9 Å². The Hall–Kier alpha value is -4.69. The maximum Gasteiger partial charge on any atom is 0.246 e. The standard InChI is InChI=1S/C39H53N7O6S/c1-24(27-11-13-28(14-12-27)35-25(2)43-23-53-35)44-37(51)32-20-29(48)21-46(32)38(52)36(39(3,4)5)45-34(50)10-8-6-7-9-26-17-18-41-31(19-26)30(42-22-47)15-16-33(40)49/h11-14,17-19,22-24,29-30,32,36,48H,6-10,15-16,20-21H2,1-5H3,(H2,40,49)(H,42,47)(H,44,51)(H,45,50)/t24-,29+,30-,32-,36+/m0/s1. The van der Waals surface area contributed by atoms with E-state index in [0.29, 0.717) is 24.9 Å². The van der Waals surface area contributed by atoms with Crippen LogP contribution in [0.3, 0.4) is 0 Å². The number of unbranched alkanes of at least 4 members (excludes halogenated alkanes) is 2. The van der Waals surface area contributed by atoms with Gasteiger partial charge in [0.1, 0.15) is 12.1 Å². The number of thiazole rings is 1. The molecule has 2 aromatic heterocycles. The lowest BCUT2D eigenvalue weighted by Gasteiger charge is -2.35. The van der Waals surface area contributed by atoms with Crippen molar-refractivity contribution in [3.05, 3.63) is 70.6 Å². The summed E-state index contributed by atoms with van der Waals surface area (Å²) in [5.74, 6) is -1.46. The van der Waals surface area contributed by atoms with Gasteiger partial charge in [-0.3, -0.25) is 29.0 Å². The van der Waals surface area contributed by atoms with Gasteiger partial charge in [0.25, 0.3) is 0 Å². The van der Waals surface area contributed by atoms with Crippen LogP contribution in [0.25, 0.3) is 10.4 Å². The Morgan fingerprint density at radius 1 is 1.06 bits per heavy atom. The molecule has 0 radical (unpaired) electrons. The molecule has 286 valence electrons. The van der Waals surface area contributed by atoms with Crippen molar-refractivity contribution in [2.75, 3.05) is 6.54 Å². The summed E-state index contributed by atoms with van der Waals surface area (Å²) in [6, 6.07) is 9.22. The summed E-state index contributed by atoms with van der Waals surface area (Å²) < 4.78 is 0. The van der Waals surface area contributed by atoms with Gasteiger partial charge in [0.15, 0.2) is 0 Å². The number of aromatic nitrogens is 2. The highest BCUT2D eigenvalue weighted by Crippen LogP contribution is 2.30. The molecule has 53 heavy (non-hydrogen) atoms. The number of aryl methyl sites for hydroxylation is 2. The highest BCUT2D eigenvalue weighted by Gasteiger charge is 2.44. The second-order valence-corrected chi connectivity index (χ2v) is 15.7. The van der Waals surface area contributed by atoms with Gasteiger partial charge in [0, 0.05) is 32.0 Å². The van der Waals surface area contributed by atoms with Crippen LogP contribution in [0, 0.1) is 12.3 Å². The largest absolute Gasteiger partial charge is 0.391 e. The van der Waals surface area contributed by atoms with E-state index in [1.807, 2.05) is 76.5 Å². The number of aliphatic hydroxyl groups excluding tert-OH is 1. The average Bonchev–Trinajstić information content (AvgIpc) is 3.73. The average molecular weight is 748 g/mol. The monoisotopic (exact) mass is 747 g/mol. The van der Waals surface area contributed by atoms with E-state index in [-0.39, 0.29) is 43.7 Å². The van der Waals surface area contributed by atoms with Crippen LogP contribution in [0.5, 0.6) is 0 Å². The number of amides is 5. The molecule has 1 fully saturated rings. The number of benzene rings is 1. The molecule has 3 aromatic rings. The number of primary amides is 1. The number of hydrogen-bond acceptors (Lipinski definition) is 9. The van der Waals surface area contributed by atoms with Crippen molar-refractivity contribution in [3.8, 4) is 10.4 Å². The van der Waals surface area contributed by atoms with Crippen LogP contribution in [-0.2, 0) is 30.4 Å². The number of hydrogen-bond donors (Lipinski definition) is 5. The Morgan fingerprint density at radius 3 is 2.43 bits per heavy atom. The summed E-state index contributed by atoms with van der Waals surface area (Å²) in [6.45, 7) is 9.45. The van der Waals surface area contributed by atoms with Crippen LogP contribution in [0.1, 0.15) is 107 Å². The van der Waals surface area contributed by atoms with Gasteiger partial charge in [-0.1, -0.05) is 51.5 Å². The zero-order valence-corrected chi connectivity index (χ0v) is 32.1. The van der Waals surface area contributed by atoms with E-state index in [9.17, 15) is 29.1 Å². The Bertz CT molecular complexity index is 1720. The van der Waals surface area contributed by atoms with Gasteiger partial charge in [0.05, 0.1) is 40.0 Å². The zero-order chi connectivity index (χ0) is 38.7. The first kappa shape index (κ1) is 41.1. The van der Waals surface area contributed by atoms with E-state index in [1.165, 1.54) is 4.90 Å². The van der Waals surface area contributed by atoms with Crippen LogP contribution in [0.2, 0.25) is 0 Å². The van der Waals surface area contributed by atoms with Gasteiger partial charge < -0.3 is 31.7 Å². The molecular weight excluding hydrogens is 695 g/mol. The van der Waals surface area contributed by atoms with Crippen molar-refractivity contribution in [2.24, 2.45) is 11.1 Å². The normalized spacial score (nSPS) is 17.4. The molecule has 14 heteroatoms. The fourth-order valence-corrected chi connectivity index (χ4v) is 7.38. The zero-order valence-electron chi connectivity index (χ0n) is 31.3. The first-order chi connectivity index (χ1) is 25.2. The van der Waals surface area contributed by atoms with Crippen molar-refractivity contribution in [1.29, 1.82) is 0 Å². The Labute approximate surface area is 315 Å². The molecule has 5 atom stereocenters. The lowest BCUT2D eigenvalue weighted by atomic mass is 9.85. The molecule has 1 aliphatic heterocycles. The molecular formula is C39H53N7O6S. The van der Waals surface area contributed by atoms with E-state index < -0.39 is 41.5 Å². The third-order valence-corrected chi connectivity index (χ3v) is 10.6. The minimum absolute atomic E-state index is 0.00443. The van der Waals surface area contributed by atoms with Gasteiger partial charge >= 0.3 is 0 Å². The molecule has 13 nitrogen and oxygen atoms in total. The maximum atomic E-state index is 14.0. The van der Waals surface area contributed by atoms with Gasteiger partial charge in [0.2, 0.25) is 30.0 Å². The van der Waals surface area contributed by atoms with Gasteiger partial charge in [-0.2, -0.15) is 0 Å². The summed E-state index contributed by atoms with van der Waals surface area (Å²) in [5.41, 5.74) is 11.0. The lowest BCUT2D eigenvalue weighted by Crippen LogP contribution is -2.57. The molecule has 5 amide bonds. The Morgan fingerprint density at radius 2 is 1.79 bits per heavy atom. The predicted molar refractivity (Wildman–Crippen MR) is 203 cm³/mol. The summed E-state index contributed by atoms with van der Waals surface area (Å²) in [7, 11) is 0. The van der Waals surface area contributed by atoms with Crippen LogP contribution in [0.4, 0.5) is 0 Å². The van der Waals surface area contributed by atoms with Gasteiger partial charge in [-0.25, -0.2) is 4.98 Å². The molecule has 0 unspecified atom stereocenters. The summed E-state index contributed by atoms with van der Waals surface area (Å²) in [6.07, 6.45) is 5.14. The summed E-state index contributed by atoms with van der Waals surface area (Å²) >= 11 is 1.57. The molecule has 0 bridgehead atoms. The minimum Gasteiger partial charge on any atom is -0.391 e. The number of rotatable bonds is 18. The SMILES string of the molecule is Cc1ncsc1-c1ccc([C@H](C)NC(=O)[C@@H]2C[C@@H](O)CN2C(=O)[C@@H](NC(=O)CCCCCc2ccnc([C@H](CCC(N)=O)NC=O)c2)C(C)(C)C)cc1. The molecule has 1 aromatic carbocycles. The molecule has 0 saturated carbocycles. The lowest BCUT2D eigenvalue weighted by molar-refractivity contribution is -0.144. The van der Waals surface area contributed by atoms with Crippen molar-refractivity contribution < 1.29 is 29.1 Å². The van der Waals surface area contributed by atoms with Crippen molar-refractivity contribution in [1.82, 2.24) is 30.8 Å². The predicted octanol–water partition coefficient (Wildman–Crippen LogP) is 4.04. The fraction of sp³-hybridized carbons (Fsp3) is 0.513. The van der Waals surface area contributed by atoms with Crippen molar-refractivity contribution in [3.63, 3.8) is 0 Å². The first-order valence-electron chi connectivity index (χ1n) is 18.2. The molecule has 1 saturated heterocycles. The number of β-amino-alcohol motifs (C(OH)–C–C–N with tert-alkyl or cyclic N) is 1. The topological polar surface area (TPSA) is 197 Å². The quantitative estimate of drug-likeness (QED) is 0.0950. The number of nitrogens with one attached hydrogen (secondary N) is 3. The second-order valence-electron chi connectivity index (χ2n) is 14.9. The third kappa shape index (κ3) is 11.6. The van der Waals surface area contributed by atoms with E-state index in [0.717, 1.165) is 46.5 Å². The summed E-state index contributed by atoms with van der Waals surface area (Å²) in [5, 5.41) is 19.2. The van der Waals surface area contributed by atoms with Crippen molar-refractivity contribution in [2.45, 2.75) is 116 Å². The van der Waals surface area contributed by atoms with Gasteiger partial charge in [-0.15, -0.1) is 11.3 Å². The summed E-state index contributed by atoms with van der Waals surface area (Å²) in [4.78, 5) is 74.2. The number of aliphatic hydroxyl groups is 1. The number of likely N-dealkylation sites (tertiary alicyclic amines) is 1. The molecule has 3 heterocycles. The molecule has 4 rings (SSSR count). The Kier molecular flexibility index (Phi) is 14.6. The molecule has 0 aliphatic carbocycles. The number of carbonyl (C=O) groups is 5.